The molecule has 7 aromatic carbocycles. The van der Waals surface area contributed by atoms with Gasteiger partial charge in [0.2, 0.25) is 0 Å². The molecule has 0 aromatic heterocycles. The maximum Gasteiger partial charge on any atom is 0.127 e. The Balaban J connectivity index is 0.000000373. The summed E-state index contributed by atoms with van der Waals surface area (Å²) in [6.07, 6.45) is 0. The molecule has 0 saturated heterocycles. The zero-order valence-corrected chi connectivity index (χ0v) is 38.5. The first-order valence-corrected chi connectivity index (χ1v) is 21.2. The van der Waals surface area contributed by atoms with Crippen LogP contribution < -0.4 is 44.9 Å². The van der Waals surface area contributed by atoms with E-state index in [1.54, 1.807) is 37.4 Å². The van der Waals surface area contributed by atoms with Gasteiger partial charge in [0.1, 0.15) is 17.4 Å². The van der Waals surface area contributed by atoms with E-state index in [2.05, 4.69) is 57.2 Å². The number of methoxy groups -OCH3 is 1. The fourth-order valence-corrected chi connectivity index (χ4v) is 5.52. The second kappa shape index (κ2) is 34.7. The molecule has 11 heteroatoms. The van der Waals surface area contributed by atoms with Gasteiger partial charge in [0.25, 0.3) is 0 Å². The molecule has 0 heterocycles. The lowest BCUT2D eigenvalue weighted by Gasteiger charge is -2.00. The van der Waals surface area contributed by atoms with Crippen LogP contribution in [-0.2, 0) is 45.8 Å². The van der Waals surface area contributed by atoms with Crippen LogP contribution in [0.1, 0.15) is 55.6 Å². The minimum atomic E-state index is -0.224. The lowest BCUT2D eigenvalue weighted by Crippen LogP contribution is -1.98. The molecule has 0 spiro atoms. The maximum atomic E-state index is 12.5. The van der Waals surface area contributed by atoms with Crippen LogP contribution in [0, 0.1) is 32.4 Å². The van der Waals surface area contributed by atoms with E-state index in [0.29, 0.717) is 44.8 Å². The first-order chi connectivity index (χ1) is 30.9. The molecule has 8 nitrogen and oxygen atoms in total. The largest absolute Gasteiger partial charge is 0.497 e. The number of hydrogen-bond acceptors (Lipinski definition) is 8. The standard InChI is InChI=1S/C8H11NO.3C8H11N.C7H8ClN.2C7H8FN/c1-10-8-4-2-3-7(5-8)6-9;1-7-3-2-4-8(5-7)6-9;2*1-7-4-2-3-5-8(7)6-9;8-7-4-2-1-3-6(7)5-9;8-7-3-1-2-6(4-7)5-9;8-7-4-2-1-3-6(7)5-9/h2-5H,6,9H2,1H3;3*2-5H,6,9H2,1H3;3*1-4H,5,9H2. The summed E-state index contributed by atoms with van der Waals surface area (Å²) in [5.41, 5.74) is 48.6. The molecule has 342 valence electrons. The highest BCUT2D eigenvalue weighted by molar-refractivity contribution is 6.31. The summed E-state index contributed by atoms with van der Waals surface area (Å²) in [6.45, 7) is 9.89. The molecular weight excluding hydrogens is 824 g/mol. The summed E-state index contributed by atoms with van der Waals surface area (Å²) in [6, 6.07) is 52.6. The molecule has 0 unspecified atom stereocenters. The number of aryl methyl sites for hydroxylation is 3. The molecule has 0 saturated carbocycles. The quantitative estimate of drug-likeness (QED) is 0.0784. The van der Waals surface area contributed by atoms with Crippen molar-refractivity contribution in [2.75, 3.05) is 7.11 Å². The average molecular weight is 893 g/mol. The maximum absolute atomic E-state index is 12.5. The average Bonchev–Trinajstić information content (AvgIpc) is 3.33. The lowest BCUT2D eigenvalue weighted by atomic mass is 10.1. The Morgan fingerprint density at radius 3 is 1.16 bits per heavy atom. The van der Waals surface area contributed by atoms with Crippen LogP contribution in [0.25, 0.3) is 0 Å². The van der Waals surface area contributed by atoms with Crippen molar-refractivity contribution in [2.45, 2.75) is 66.6 Å². The third kappa shape index (κ3) is 24.2. The van der Waals surface area contributed by atoms with Crippen LogP contribution in [0.2, 0.25) is 5.02 Å². The van der Waals surface area contributed by atoms with Gasteiger partial charge in [0, 0.05) is 56.4 Å². The molecule has 7 rings (SSSR count). The topological polar surface area (TPSA) is 191 Å². The molecular formula is C53H68ClF2N7O. The van der Waals surface area contributed by atoms with Crippen LogP contribution in [0.5, 0.6) is 5.75 Å². The van der Waals surface area contributed by atoms with Crippen molar-refractivity contribution in [1.29, 1.82) is 0 Å². The molecule has 0 aliphatic carbocycles. The number of benzene rings is 7. The van der Waals surface area contributed by atoms with Gasteiger partial charge in [-0.3, -0.25) is 0 Å². The van der Waals surface area contributed by atoms with Crippen LogP contribution in [0.4, 0.5) is 8.78 Å². The van der Waals surface area contributed by atoms with Gasteiger partial charge in [-0.2, -0.15) is 0 Å². The summed E-state index contributed by atoms with van der Waals surface area (Å²) < 4.78 is 29.8. The third-order valence-electron chi connectivity index (χ3n) is 9.13. The van der Waals surface area contributed by atoms with Gasteiger partial charge in [-0.1, -0.05) is 151 Å². The van der Waals surface area contributed by atoms with E-state index in [1.807, 2.05) is 84.9 Å². The summed E-state index contributed by atoms with van der Waals surface area (Å²) in [5.74, 6) is 0.418. The smallest absolute Gasteiger partial charge is 0.127 e. The lowest BCUT2D eigenvalue weighted by molar-refractivity contribution is 0.414. The van der Waals surface area contributed by atoms with Crippen LogP contribution >= 0.6 is 11.6 Å². The predicted octanol–water partition coefficient (Wildman–Crippen LogP) is 9.88. The fraction of sp³-hybridized carbons (Fsp3) is 0.208. The number of ether oxygens (including phenoxy) is 1. The Labute approximate surface area is 385 Å². The zero-order chi connectivity index (χ0) is 47.5. The zero-order valence-electron chi connectivity index (χ0n) is 37.7. The monoisotopic (exact) mass is 892 g/mol. The van der Waals surface area contributed by atoms with Crippen LogP contribution in [0.15, 0.2) is 170 Å². The summed E-state index contributed by atoms with van der Waals surface area (Å²) in [5, 5.41) is 0.750. The van der Waals surface area contributed by atoms with Gasteiger partial charge < -0.3 is 44.9 Å². The van der Waals surface area contributed by atoms with E-state index in [4.69, 9.17) is 56.5 Å². The molecule has 0 fully saturated rings. The second-order valence-electron chi connectivity index (χ2n) is 13.9. The highest BCUT2D eigenvalue weighted by atomic mass is 35.5. The molecule has 0 amide bonds. The van der Waals surface area contributed by atoms with Crippen molar-refractivity contribution in [1.82, 2.24) is 0 Å². The third-order valence-corrected chi connectivity index (χ3v) is 9.50. The van der Waals surface area contributed by atoms with E-state index in [0.717, 1.165) is 27.5 Å². The van der Waals surface area contributed by atoms with Gasteiger partial charge in [-0.25, -0.2) is 8.78 Å². The van der Waals surface area contributed by atoms with Gasteiger partial charge in [0.15, 0.2) is 0 Å². The molecule has 0 atom stereocenters. The van der Waals surface area contributed by atoms with E-state index < -0.39 is 0 Å². The number of halogens is 3. The van der Waals surface area contributed by atoms with Gasteiger partial charge in [0.05, 0.1) is 7.11 Å². The van der Waals surface area contributed by atoms with Crippen molar-refractivity contribution in [3.8, 4) is 5.75 Å². The van der Waals surface area contributed by atoms with E-state index in [1.165, 1.54) is 51.6 Å². The SMILES string of the molecule is COc1cccc(CN)c1.Cc1cccc(CN)c1.Cc1ccccc1CN.Cc1ccccc1CN.NCc1cccc(F)c1.NCc1ccccc1Cl.NCc1ccccc1F. The first-order valence-electron chi connectivity index (χ1n) is 20.8. The van der Waals surface area contributed by atoms with E-state index in [-0.39, 0.29) is 18.2 Å². The first kappa shape index (κ1) is 56.2. The second-order valence-corrected chi connectivity index (χ2v) is 14.3. The Kier molecular flexibility index (Phi) is 30.5. The molecule has 0 radical (unpaired) electrons. The minimum absolute atomic E-state index is 0.222. The molecule has 64 heavy (non-hydrogen) atoms. The summed E-state index contributed by atoms with van der Waals surface area (Å²) >= 11 is 5.74. The molecule has 7 aromatic rings. The highest BCUT2D eigenvalue weighted by Crippen LogP contribution is 2.13. The van der Waals surface area contributed by atoms with Gasteiger partial charge in [-0.15, -0.1) is 0 Å². The Morgan fingerprint density at radius 2 is 0.812 bits per heavy atom. The number of nitrogens with two attached hydrogens (primary N) is 7. The van der Waals surface area contributed by atoms with E-state index in [9.17, 15) is 8.78 Å². The summed E-state index contributed by atoms with van der Waals surface area (Å²) in [7, 11) is 1.65. The van der Waals surface area contributed by atoms with Crippen molar-refractivity contribution in [3.05, 3.63) is 242 Å². The fourth-order valence-electron chi connectivity index (χ4n) is 5.31. The van der Waals surface area contributed by atoms with Gasteiger partial charge in [-0.05, 0) is 102 Å². The Morgan fingerprint density at radius 1 is 0.406 bits per heavy atom. The normalized spacial score (nSPS) is 9.53. The number of rotatable bonds is 8. The van der Waals surface area contributed by atoms with Crippen molar-refractivity contribution >= 4 is 11.6 Å². The predicted molar refractivity (Wildman–Crippen MR) is 266 cm³/mol. The number of hydrogen-bond donors (Lipinski definition) is 7. The highest BCUT2D eigenvalue weighted by Gasteiger charge is 1.96. The van der Waals surface area contributed by atoms with Crippen molar-refractivity contribution in [3.63, 3.8) is 0 Å². The molecule has 14 N–H and O–H groups in total. The minimum Gasteiger partial charge on any atom is -0.497 e. The molecule has 0 bridgehead atoms. The van der Waals surface area contributed by atoms with Crippen molar-refractivity contribution < 1.29 is 13.5 Å². The van der Waals surface area contributed by atoms with Crippen LogP contribution in [-0.4, -0.2) is 7.11 Å². The Bertz CT molecular complexity index is 2050. The molecule has 0 aliphatic rings. The van der Waals surface area contributed by atoms with Crippen LogP contribution in [0.3, 0.4) is 0 Å². The van der Waals surface area contributed by atoms with Crippen molar-refractivity contribution in [2.24, 2.45) is 40.1 Å². The summed E-state index contributed by atoms with van der Waals surface area (Å²) in [4.78, 5) is 0. The Hall–Kier alpha value is -5.79. The van der Waals surface area contributed by atoms with Gasteiger partial charge >= 0.3 is 0 Å². The van der Waals surface area contributed by atoms with E-state index >= 15 is 0 Å². The molecule has 0 aliphatic heterocycles.